The summed E-state index contributed by atoms with van der Waals surface area (Å²) < 4.78 is 14.3. The summed E-state index contributed by atoms with van der Waals surface area (Å²) in [4.78, 5) is 11.2. The van der Waals surface area contributed by atoms with Crippen molar-refractivity contribution in [3.05, 3.63) is 52.1 Å². The largest absolute Gasteiger partial charge is 0.478 e. The summed E-state index contributed by atoms with van der Waals surface area (Å²) in [5.41, 5.74) is 1.33. The summed E-state index contributed by atoms with van der Waals surface area (Å²) in [6, 6.07) is 5.93. The molecule has 2 rings (SSSR count). The summed E-state index contributed by atoms with van der Waals surface area (Å²) >= 11 is 6.09. The number of aromatic carboxylic acids is 1. The molecule has 0 fully saturated rings. The van der Waals surface area contributed by atoms with Crippen LogP contribution in [0.5, 0.6) is 0 Å². The predicted octanol–water partition coefficient (Wildman–Crippen LogP) is 3.37. The first kappa shape index (κ1) is 14.5. The van der Waals surface area contributed by atoms with Crippen LogP contribution in [0.4, 0.5) is 4.39 Å². The number of carbonyl (C=O) groups is 1. The van der Waals surface area contributed by atoms with Crippen LogP contribution in [0.3, 0.4) is 0 Å². The Morgan fingerprint density at radius 3 is 2.60 bits per heavy atom. The first-order chi connectivity index (χ1) is 9.52. The minimum Gasteiger partial charge on any atom is -0.478 e. The molecule has 0 radical (unpaired) electrons. The number of hydrogen-bond donors (Lipinski definition) is 1. The van der Waals surface area contributed by atoms with E-state index >= 15 is 0 Å². The lowest BCUT2D eigenvalue weighted by atomic mass is 10.2. The van der Waals surface area contributed by atoms with Gasteiger partial charge in [0.2, 0.25) is 0 Å². The zero-order valence-electron chi connectivity index (χ0n) is 10.9. The monoisotopic (exact) mass is 296 g/mol. The molecule has 0 aliphatic carbocycles. The predicted molar refractivity (Wildman–Crippen MR) is 73.7 cm³/mol. The Morgan fingerprint density at radius 2 is 2.05 bits per heavy atom. The van der Waals surface area contributed by atoms with Crippen molar-refractivity contribution in [2.75, 3.05) is 0 Å². The van der Waals surface area contributed by atoms with Crippen molar-refractivity contribution in [3.63, 3.8) is 0 Å². The second-order valence-corrected chi connectivity index (χ2v) is 4.81. The van der Waals surface area contributed by atoms with Gasteiger partial charge in [-0.05, 0) is 24.1 Å². The zero-order chi connectivity index (χ0) is 14.7. The number of rotatable bonds is 5. The summed E-state index contributed by atoms with van der Waals surface area (Å²) in [5, 5.41) is 13.6. The molecule has 106 valence electrons. The molecule has 2 aromatic rings. The maximum atomic E-state index is 12.9. The van der Waals surface area contributed by atoms with Crippen LogP contribution in [0.2, 0.25) is 5.15 Å². The van der Waals surface area contributed by atoms with Crippen LogP contribution in [0.1, 0.15) is 35.0 Å². The summed E-state index contributed by atoms with van der Waals surface area (Å²) in [6.07, 6.45) is 1.34. The molecule has 0 atom stereocenters. The van der Waals surface area contributed by atoms with Crippen molar-refractivity contribution >= 4 is 17.6 Å². The molecule has 0 saturated carbocycles. The lowest BCUT2D eigenvalue weighted by molar-refractivity contribution is 0.0696. The van der Waals surface area contributed by atoms with Gasteiger partial charge in [-0.3, -0.25) is 0 Å². The highest BCUT2D eigenvalue weighted by Gasteiger charge is 2.21. The van der Waals surface area contributed by atoms with Crippen LogP contribution in [0.15, 0.2) is 24.3 Å². The molecule has 6 heteroatoms. The van der Waals surface area contributed by atoms with Crippen LogP contribution < -0.4 is 0 Å². The van der Waals surface area contributed by atoms with Crippen molar-refractivity contribution in [1.29, 1.82) is 0 Å². The topological polar surface area (TPSA) is 55.1 Å². The van der Waals surface area contributed by atoms with Gasteiger partial charge in [0.15, 0.2) is 0 Å². The van der Waals surface area contributed by atoms with Crippen LogP contribution >= 0.6 is 11.6 Å². The Morgan fingerprint density at radius 1 is 1.40 bits per heavy atom. The highest BCUT2D eigenvalue weighted by Crippen LogP contribution is 2.22. The quantitative estimate of drug-likeness (QED) is 0.920. The Balaban J connectivity index is 2.34. The van der Waals surface area contributed by atoms with Gasteiger partial charge in [0.1, 0.15) is 16.5 Å². The van der Waals surface area contributed by atoms with Crippen molar-refractivity contribution in [1.82, 2.24) is 9.78 Å². The van der Waals surface area contributed by atoms with E-state index in [2.05, 4.69) is 5.10 Å². The molecule has 0 saturated heterocycles. The number of nitrogens with zero attached hydrogens (tertiary/aromatic N) is 2. The molecule has 20 heavy (non-hydrogen) atoms. The van der Waals surface area contributed by atoms with Crippen molar-refractivity contribution in [2.24, 2.45) is 0 Å². The standard InChI is InChI=1S/C14H14ClFN2O2/c1-2-3-11-12(14(19)20)13(15)18(17-11)8-9-4-6-10(16)7-5-9/h4-7H,2-3,8H2,1H3,(H,19,20). The van der Waals surface area contributed by atoms with E-state index in [9.17, 15) is 14.3 Å². The molecule has 1 aromatic carbocycles. The fourth-order valence-electron chi connectivity index (χ4n) is 1.98. The van der Waals surface area contributed by atoms with E-state index in [0.717, 1.165) is 12.0 Å². The van der Waals surface area contributed by atoms with Gasteiger partial charge >= 0.3 is 5.97 Å². The van der Waals surface area contributed by atoms with E-state index in [1.165, 1.54) is 16.8 Å². The van der Waals surface area contributed by atoms with Crippen molar-refractivity contribution < 1.29 is 14.3 Å². The fourth-order valence-corrected chi connectivity index (χ4v) is 2.27. The summed E-state index contributed by atoms with van der Waals surface area (Å²) in [6.45, 7) is 2.25. The number of carboxylic acids is 1. The minimum atomic E-state index is -1.08. The highest BCUT2D eigenvalue weighted by molar-refractivity contribution is 6.32. The number of hydrogen-bond acceptors (Lipinski definition) is 2. The fraction of sp³-hybridized carbons (Fsp3) is 0.286. The average molecular weight is 297 g/mol. The third-order valence-electron chi connectivity index (χ3n) is 2.91. The Bertz CT molecular complexity index is 623. The lowest BCUT2D eigenvalue weighted by Crippen LogP contribution is -2.03. The molecule has 1 aromatic heterocycles. The Kier molecular flexibility index (Phi) is 4.39. The highest BCUT2D eigenvalue weighted by atomic mass is 35.5. The number of carboxylic acid groups (broad SMARTS) is 1. The van der Waals surface area contributed by atoms with Gasteiger partial charge < -0.3 is 5.11 Å². The van der Waals surface area contributed by atoms with Gasteiger partial charge in [-0.2, -0.15) is 5.10 Å². The van der Waals surface area contributed by atoms with Crippen LogP contribution in [-0.2, 0) is 13.0 Å². The normalized spacial score (nSPS) is 10.8. The van der Waals surface area contributed by atoms with Gasteiger partial charge in [0.25, 0.3) is 0 Å². The van der Waals surface area contributed by atoms with Crippen molar-refractivity contribution in [3.8, 4) is 0 Å². The first-order valence-electron chi connectivity index (χ1n) is 6.25. The molecular weight excluding hydrogens is 283 g/mol. The van der Waals surface area contributed by atoms with E-state index in [1.807, 2.05) is 6.92 Å². The zero-order valence-corrected chi connectivity index (χ0v) is 11.7. The number of halogens is 2. The molecule has 0 bridgehead atoms. The summed E-state index contributed by atoms with van der Waals surface area (Å²) in [7, 11) is 0. The van der Waals surface area contributed by atoms with Gasteiger partial charge in [-0.15, -0.1) is 0 Å². The second-order valence-electron chi connectivity index (χ2n) is 4.45. The van der Waals surface area contributed by atoms with Gasteiger partial charge in [0, 0.05) is 0 Å². The molecule has 0 spiro atoms. The average Bonchev–Trinajstić information content (AvgIpc) is 2.69. The van der Waals surface area contributed by atoms with E-state index in [-0.39, 0.29) is 16.5 Å². The smallest absolute Gasteiger partial charge is 0.340 e. The van der Waals surface area contributed by atoms with Crippen molar-refractivity contribution in [2.45, 2.75) is 26.3 Å². The second kappa shape index (κ2) is 6.05. The van der Waals surface area contributed by atoms with E-state index < -0.39 is 5.97 Å². The van der Waals surface area contributed by atoms with Crippen LogP contribution in [-0.4, -0.2) is 20.9 Å². The molecule has 0 amide bonds. The van der Waals surface area contributed by atoms with Crippen LogP contribution in [0.25, 0.3) is 0 Å². The first-order valence-corrected chi connectivity index (χ1v) is 6.63. The summed E-state index contributed by atoms with van der Waals surface area (Å²) in [5.74, 6) is -1.40. The van der Waals surface area contributed by atoms with Crippen LogP contribution in [0, 0.1) is 5.82 Å². The number of aryl methyl sites for hydroxylation is 1. The minimum absolute atomic E-state index is 0.0515. The molecule has 0 aliphatic heterocycles. The van der Waals surface area contributed by atoms with E-state index in [1.54, 1.807) is 12.1 Å². The maximum Gasteiger partial charge on any atom is 0.340 e. The molecule has 0 unspecified atom stereocenters. The molecule has 4 nitrogen and oxygen atoms in total. The van der Waals surface area contributed by atoms with E-state index in [4.69, 9.17) is 11.6 Å². The van der Waals surface area contributed by atoms with Gasteiger partial charge in [-0.1, -0.05) is 37.1 Å². The molecule has 1 heterocycles. The maximum absolute atomic E-state index is 12.9. The lowest BCUT2D eigenvalue weighted by Gasteiger charge is -2.03. The molecule has 0 aliphatic rings. The third-order valence-corrected chi connectivity index (χ3v) is 3.29. The number of benzene rings is 1. The Hall–Kier alpha value is -1.88. The van der Waals surface area contributed by atoms with Gasteiger partial charge in [0.05, 0.1) is 12.2 Å². The number of aromatic nitrogens is 2. The Labute approximate surface area is 120 Å². The van der Waals surface area contributed by atoms with E-state index in [0.29, 0.717) is 18.7 Å². The molecular formula is C14H14ClFN2O2. The molecule has 1 N–H and O–H groups in total. The SMILES string of the molecule is CCCc1nn(Cc2ccc(F)cc2)c(Cl)c1C(=O)O. The third kappa shape index (κ3) is 2.99. The van der Waals surface area contributed by atoms with Gasteiger partial charge in [-0.25, -0.2) is 13.9 Å².